The normalized spacial score (nSPS) is 23.5. The minimum absolute atomic E-state index is 0.118. The van der Waals surface area contributed by atoms with Gasteiger partial charge in [-0.15, -0.1) is 11.8 Å². The fourth-order valence-corrected chi connectivity index (χ4v) is 2.42. The van der Waals surface area contributed by atoms with Crippen LogP contribution >= 0.6 is 11.8 Å². The zero-order chi connectivity index (χ0) is 9.68. The first-order valence-corrected chi connectivity index (χ1v) is 5.11. The Morgan fingerprint density at radius 3 is 3.23 bits per heavy atom. The topological polar surface area (TPSA) is 53.3 Å². The van der Waals surface area contributed by atoms with Gasteiger partial charge in [-0.1, -0.05) is 0 Å². The van der Waals surface area contributed by atoms with Crippen LogP contribution in [-0.4, -0.2) is 48.6 Å². The number of esters is 1. The minimum Gasteiger partial charge on any atom is -0.468 e. The zero-order valence-electron chi connectivity index (χ0n) is 7.52. The number of hydrogen-bond donors (Lipinski definition) is 0. The summed E-state index contributed by atoms with van der Waals surface area (Å²) < 4.78 is 4.65. The molecule has 0 aromatic carbocycles. The molecule has 0 bridgehead atoms. The molecule has 0 N–H and O–H groups in total. The molecule has 0 radical (unpaired) electrons. The average molecular weight is 200 g/mol. The van der Waals surface area contributed by atoms with Gasteiger partial charge in [0.25, 0.3) is 0 Å². The third kappa shape index (κ3) is 2.90. The van der Waals surface area contributed by atoms with E-state index >= 15 is 0 Å². The summed E-state index contributed by atoms with van der Waals surface area (Å²) in [6, 6.07) is 2.08. The molecule has 4 nitrogen and oxygen atoms in total. The summed E-state index contributed by atoms with van der Waals surface area (Å²) in [6.45, 7) is 1.91. The van der Waals surface area contributed by atoms with Gasteiger partial charge in [-0.3, -0.25) is 9.69 Å². The smallest absolute Gasteiger partial charge is 0.320 e. The molecule has 1 heterocycles. The van der Waals surface area contributed by atoms with E-state index in [1.807, 2.05) is 4.90 Å². The third-order valence-corrected chi connectivity index (χ3v) is 3.07. The van der Waals surface area contributed by atoms with Crippen molar-refractivity contribution >= 4 is 17.7 Å². The van der Waals surface area contributed by atoms with Crippen LogP contribution in [-0.2, 0) is 9.53 Å². The lowest BCUT2D eigenvalue weighted by Gasteiger charge is -2.28. The molecule has 0 aromatic heterocycles. The van der Waals surface area contributed by atoms with Gasteiger partial charge in [0.15, 0.2) is 0 Å². The van der Waals surface area contributed by atoms with Crippen molar-refractivity contribution in [1.82, 2.24) is 4.90 Å². The van der Waals surface area contributed by atoms with Crippen LogP contribution in [0.15, 0.2) is 0 Å². The standard InChI is InChI=1S/C8H12N2O2S/c1-12-8(11)7-6-10(3-2-9)4-5-13-7/h7H,3-6H2,1H3. The zero-order valence-corrected chi connectivity index (χ0v) is 8.34. The number of methoxy groups -OCH3 is 1. The summed E-state index contributed by atoms with van der Waals surface area (Å²) >= 11 is 1.60. The van der Waals surface area contributed by atoms with E-state index in [1.54, 1.807) is 11.8 Å². The highest BCUT2D eigenvalue weighted by molar-refractivity contribution is 8.00. The molecule has 1 saturated heterocycles. The maximum Gasteiger partial charge on any atom is 0.320 e. The van der Waals surface area contributed by atoms with E-state index in [1.165, 1.54) is 7.11 Å². The number of carbonyl (C=O) groups is 1. The van der Waals surface area contributed by atoms with Gasteiger partial charge in [0, 0.05) is 18.8 Å². The predicted octanol–water partition coefficient (Wildman–Crippen LogP) is 0.100. The van der Waals surface area contributed by atoms with Crippen LogP contribution < -0.4 is 0 Å². The molecule has 72 valence electrons. The molecule has 1 fully saturated rings. The predicted molar refractivity (Wildman–Crippen MR) is 50.3 cm³/mol. The maximum atomic E-state index is 11.2. The molecule has 0 amide bonds. The number of nitriles is 1. The Hall–Kier alpha value is -0.730. The van der Waals surface area contributed by atoms with Crippen molar-refractivity contribution in [3.8, 4) is 6.07 Å². The van der Waals surface area contributed by atoms with Gasteiger partial charge < -0.3 is 4.74 Å². The number of thioether (sulfide) groups is 1. The van der Waals surface area contributed by atoms with Crippen LogP contribution in [0.2, 0.25) is 0 Å². The Morgan fingerprint density at radius 2 is 2.62 bits per heavy atom. The highest BCUT2D eigenvalue weighted by atomic mass is 32.2. The van der Waals surface area contributed by atoms with Gasteiger partial charge in [-0.05, 0) is 0 Å². The van der Waals surface area contributed by atoms with Crippen molar-refractivity contribution < 1.29 is 9.53 Å². The molecule has 1 aliphatic heterocycles. The summed E-state index contributed by atoms with van der Waals surface area (Å²) in [5.41, 5.74) is 0. The Bertz CT molecular complexity index is 227. The van der Waals surface area contributed by atoms with Crippen molar-refractivity contribution in [3.05, 3.63) is 0 Å². The third-order valence-electron chi connectivity index (χ3n) is 1.91. The van der Waals surface area contributed by atoms with Crippen molar-refractivity contribution in [2.75, 3.05) is 32.5 Å². The fraction of sp³-hybridized carbons (Fsp3) is 0.750. The van der Waals surface area contributed by atoms with Gasteiger partial charge in [0.2, 0.25) is 0 Å². The number of hydrogen-bond acceptors (Lipinski definition) is 5. The van der Waals surface area contributed by atoms with E-state index in [0.717, 1.165) is 12.3 Å². The highest BCUT2D eigenvalue weighted by Crippen LogP contribution is 2.19. The van der Waals surface area contributed by atoms with Crippen molar-refractivity contribution in [3.63, 3.8) is 0 Å². The summed E-state index contributed by atoms with van der Waals surface area (Å²) in [5.74, 6) is 0.703. The van der Waals surface area contributed by atoms with Crippen LogP contribution in [0.4, 0.5) is 0 Å². The average Bonchev–Trinajstić information content (AvgIpc) is 2.18. The van der Waals surface area contributed by atoms with Crippen molar-refractivity contribution in [2.24, 2.45) is 0 Å². The van der Waals surface area contributed by atoms with Gasteiger partial charge >= 0.3 is 5.97 Å². The molecule has 1 atom stereocenters. The van der Waals surface area contributed by atoms with Crippen LogP contribution in [0.3, 0.4) is 0 Å². The molecule has 1 rings (SSSR count). The second-order valence-corrected chi connectivity index (χ2v) is 4.09. The number of carbonyl (C=O) groups excluding carboxylic acids is 1. The van der Waals surface area contributed by atoms with Crippen LogP contribution in [0.5, 0.6) is 0 Å². The second-order valence-electron chi connectivity index (χ2n) is 2.78. The minimum atomic E-state index is -0.187. The van der Waals surface area contributed by atoms with E-state index in [0.29, 0.717) is 13.1 Å². The lowest BCUT2D eigenvalue weighted by molar-refractivity contribution is -0.140. The van der Waals surface area contributed by atoms with Crippen molar-refractivity contribution in [1.29, 1.82) is 5.26 Å². The van der Waals surface area contributed by atoms with E-state index in [4.69, 9.17) is 5.26 Å². The molecular weight excluding hydrogens is 188 g/mol. The lowest BCUT2D eigenvalue weighted by Crippen LogP contribution is -2.41. The summed E-state index contributed by atoms with van der Waals surface area (Å²) in [7, 11) is 1.39. The molecule has 5 heteroatoms. The Labute approximate surface area is 81.8 Å². The SMILES string of the molecule is COC(=O)C1CN(CC#N)CCS1. The molecule has 1 unspecified atom stereocenters. The van der Waals surface area contributed by atoms with Crippen LogP contribution in [0, 0.1) is 11.3 Å². The van der Waals surface area contributed by atoms with E-state index in [2.05, 4.69) is 10.8 Å². The van der Waals surface area contributed by atoms with Gasteiger partial charge in [0.1, 0.15) is 5.25 Å². The first-order chi connectivity index (χ1) is 6.27. The van der Waals surface area contributed by atoms with Gasteiger partial charge in [-0.25, -0.2) is 0 Å². The first kappa shape index (κ1) is 10.4. The molecular formula is C8H12N2O2S. The Kier molecular flexibility index (Phi) is 4.06. The lowest BCUT2D eigenvalue weighted by atomic mass is 10.3. The molecule has 0 spiro atoms. The monoisotopic (exact) mass is 200 g/mol. The van der Waals surface area contributed by atoms with Crippen LogP contribution in [0.25, 0.3) is 0 Å². The largest absolute Gasteiger partial charge is 0.468 e. The quantitative estimate of drug-likeness (QED) is 0.467. The Balaban J connectivity index is 2.42. The maximum absolute atomic E-state index is 11.2. The van der Waals surface area contributed by atoms with Gasteiger partial charge in [-0.2, -0.15) is 5.26 Å². The molecule has 0 aromatic rings. The van der Waals surface area contributed by atoms with E-state index in [-0.39, 0.29) is 11.2 Å². The number of rotatable bonds is 2. The Morgan fingerprint density at radius 1 is 1.85 bits per heavy atom. The van der Waals surface area contributed by atoms with Crippen LogP contribution in [0.1, 0.15) is 0 Å². The molecule has 0 aliphatic carbocycles. The highest BCUT2D eigenvalue weighted by Gasteiger charge is 2.26. The molecule has 1 aliphatic rings. The van der Waals surface area contributed by atoms with Gasteiger partial charge in [0.05, 0.1) is 19.7 Å². The molecule has 0 saturated carbocycles. The first-order valence-electron chi connectivity index (χ1n) is 4.06. The van der Waals surface area contributed by atoms with Crippen molar-refractivity contribution in [2.45, 2.75) is 5.25 Å². The molecule has 13 heavy (non-hydrogen) atoms. The summed E-state index contributed by atoms with van der Waals surface area (Å²) in [6.07, 6.45) is 0. The number of nitrogens with zero attached hydrogens (tertiary/aromatic N) is 2. The summed E-state index contributed by atoms with van der Waals surface area (Å²) in [4.78, 5) is 13.1. The van der Waals surface area contributed by atoms with E-state index in [9.17, 15) is 4.79 Å². The second kappa shape index (κ2) is 5.10. The van der Waals surface area contributed by atoms with E-state index < -0.39 is 0 Å². The number of ether oxygens (including phenoxy) is 1. The summed E-state index contributed by atoms with van der Waals surface area (Å²) in [5, 5.41) is 8.37. The fourth-order valence-electron chi connectivity index (χ4n) is 1.22.